The number of aromatic nitrogens is 1. The zero-order valence-electron chi connectivity index (χ0n) is 21.9. The van der Waals surface area contributed by atoms with Gasteiger partial charge >= 0.3 is 5.97 Å². The van der Waals surface area contributed by atoms with E-state index >= 15 is 0 Å². The smallest absolute Gasteiger partial charge is 0.373 e. The van der Waals surface area contributed by atoms with Crippen LogP contribution in [0.2, 0.25) is 0 Å². The molecular weight excluding hydrogens is 538 g/mol. The Morgan fingerprint density at radius 1 is 0.829 bits per heavy atom. The van der Waals surface area contributed by atoms with E-state index in [1.54, 1.807) is 42.5 Å². The van der Waals surface area contributed by atoms with Crippen LogP contribution in [0.15, 0.2) is 113 Å². The molecule has 2 aromatic heterocycles. The Labute approximate surface area is 240 Å². The van der Waals surface area contributed by atoms with E-state index in [-0.39, 0.29) is 16.4 Å². The number of methoxy groups -OCH3 is 1. The fourth-order valence-electron chi connectivity index (χ4n) is 4.86. The maximum Gasteiger partial charge on any atom is 0.373 e. The summed E-state index contributed by atoms with van der Waals surface area (Å²) in [5.41, 5.74) is 2.62. The van der Waals surface area contributed by atoms with Crippen molar-refractivity contribution in [1.29, 1.82) is 0 Å². The highest BCUT2D eigenvalue weighted by atomic mass is 32.1. The maximum atomic E-state index is 13.9. The third-order valence-electron chi connectivity index (χ3n) is 6.77. The molecule has 1 fully saturated rings. The molecule has 1 saturated heterocycles. The normalized spacial score (nSPS) is 13.7. The van der Waals surface area contributed by atoms with E-state index in [9.17, 15) is 14.4 Å². The van der Waals surface area contributed by atoms with Gasteiger partial charge in [0, 0.05) is 22.7 Å². The summed E-state index contributed by atoms with van der Waals surface area (Å²) in [7, 11) is 1.29. The second kappa shape index (κ2) is 10.7. The van der Waals surface area contributed by atoms with Gasteiger partial charge in [0.2, 0.25) is 5.76 Å². The zero-order chi connectivity index (χ0) is 28.5. The van der Waals surface area contributed by atoms with Gasteiger partial charge in [0.25, 0.3) is 11.8 Å². The van der Waals surface area contributed by atoms with Crippen molar-refractivity contribution in [2.75, 3.05) is 16.9 Å². The van der Waals surface area contributed by atoms with Gasteiger partial charge in [-0.15, -0.1) is 0 Å². The van der Waals surface area contributed by atoms with Gasteiger partial charge in [-0.2, -0.15) is 0 Å². The van der Waals surface area contributed by atoms with Crippen molar-refractivity contribution in [2.24, 2.45) is 0 Å². The van der Waals surface area contributed by atoms with E-state index in [0.29, 0.717) is 29.2 Å². The van der Waals surface area contributed by atoms with Crippen molar-refractivity contribution in [3.05, 3.63) is 126 Å². The van der Waals surface area contributed by atoms with Gasteiger partial charge in [0.05, 0.1) is 25.0 Å². The van der Waals surface area contributed by atoms with Crippen LogP contribution in [-0.4, -0.2) is 34.6 Å². The number of thiocarbonyl (C=S) groups is 1. The van der Waals surface area contributed by atoms with Gasteiger partial charge < -0.3 is 13.7 Å². The Morgan fingerprint density at radius 2 is 1.41 bits per heavy atom. The van der Waals surface area contributed by atoms with E-state index in [4.69, 9.17) is 21.4 Å². The number of esters is 1. The molecule has 202 valence electrons. The Bertz CT molecular complexity index is 1780. The molecule has 3 heterocycles. The molecule has 0 radical (unpaired) electrons. The molecule has 0 spiro atoms. The predicted molar refractivity (Wildman–Crippen MR) is 160 cm³/mol. The molecule has 3 aromatic carbocycles. The number of carbonyl (C=O) groups excluding carboxylic acids is 3. The van der Waals surface area contributed by atoms with Gasteiger partial charge in [-0.3, -0.25) is 19.4 Å². The van der Waals surface area contributed by atoms with Crippen LogP contribution in [0.1, 0.15) is 21.9 Å². The van der Waals surface area contributed by atoms with Crippen molar-refractivity contribution in [2.45, 2.75) is 6.54 Å². The molecule has 9 heteroatoms. The van der Waals surface area contributed by atoms with Crippen molar-refractivity contribution in [1.82, 2.24) is 4.57 Å². The largest absolute Gasteiger partial charge is 0.463 e. The van der Waals surface area contributed by atoms with Gasteiger partial charge in [0.1, 0.15) is 11.3 Å². The van der Waals surface area contributed by atoms with Crippen molar-refractivity contribution >= 4 is 63.5 Å². The number of amides is 2. The number of furan rings is 1. The summed E-state index contributed by atoms with van der Waals surface area (Å²) in [6.07, 6.45) is 3.46. The van der Waals surface area contributed by atoms with Crippen molar-refractivity contribution in [3.8, 4) is 0 Å². The highest BCUT2D eigenvalue weighted by molar-refractivity contribution is 7.81. The number of carbonyl (C=O) groups is 3. The van der Waals surface area contributed by atoms with Gasteiger partial charge in [0.15, 0.2) is 5.11 Å². The number of hydrogen-bond donors (Lipinski definition) is 0. The third kappa shape index (κ3) is 4.72. The van der Waals surface area contributed by atoms with E-state index in [0.717, 1.165) is 10.9 Å². The number of nitrogens with zero attached hydrogens (tertiary/aromatic N) is 3. The first-order chi connectivity index (χ1) is 20.0. The Hall–Kier alpha value is -5.28. The second-order valence-corrected chi connectivity index (χ2v) is 9.64. The van der Waals surface area contributed by atoms with Crippen LogP contribution >= 0.6 is 12.2 Å². The summed E-state index contributed by atoms with van der Waals surface area (Å²) in [5.74, 6) is -0.922. The molecule has 6 rings (SSSR count). The molecule has 1 aliphatic rings. The summed E-state index contributed by atoms with van der Waals surface area (Å²) in [6.45, 7) is 0.318. The number of anilines is 2. The molecule has 5 aromatic rings. The lowest BCUT2D eigenvalue weighted by atomic mass is 10.0. The van der Waals surface area contributed by atoms with Crippen LogP contribution in [-0.2, 0) is 20.9 Å². The summed E-state index contributed by atoms with van der Waals surface area (Å²) in [4.78, 5) is 42.4. The first-order valence-corrected chi connectivity index (χ1v) is 13.2. The molecular formula is C32H23N3O5S. The number of hydrogen-bond acceptors (Lipinski definition) is 6. The molecule has 8 nitrogen and oxygen atoms in total. The third-order valence-corrected chi connectivity index (χ3v) is 7.14. The molecule has 41 heavy (non-hydrogen) atoms. The predicted octanol–water partition coefficient (Wildman–Crippen LogP) is 5.82. The van der Waals surface area contributed by atoms with E-state index in [2.05, 4.69) is 0 Å². The first-order valence-electron chi connectivity index (χ1n) is 12.8. The van der Waals surface area contributed by atoms with Gasteiger partial charge in [-0.05, 0) is 60.8 Å². The SMILES string of the molecule is COC(=O)c1ccc(Cn2cc(C=C3C(=O)N(c4ccccc4)C(=S)N(c4ccccc4)C3=O)c3ccccc32)o1. The van der Waals surface area contributed by atoms with Crippen LogP contribution in [0.25, 0.3) is 17.0 Å². The number of rotatable bonds is 6. The van der Waals surface area contributed by atoms with E-state index < -0.39 is 17.8 Å². The second-order valence-electron chi connectivity index (χ2n) is 9.28. The number of benzene rings is 3. The molecule has 0 N–H and O–H groups in total. The molecule has 0 unspecified atom stereocenters. The highest BCUT2D eigenvalue weighted by Crippen LogP contribution is 2.32. The highest BCUT2D eigenvalue weighted by Gasteiger charge is 2.41. The van der Waals surface area contributed by atoms with E-state index in [1.165, 1.54) is 16.9 Å². The van der Waals surface area contributed by atoms with Crippen LogP contribution < -0.4 is 9.80 Å². The first kappa shape index (κ1) is 26.0. The Kier molecular flexibility index (Phi) is 6.78. The Morgan fingerprint density at radius 3 is 2.02 bits per heavy atom. The van der Waals surface area contributed by atoms with E-state index in [1.807, 2.05) is 71.4 Å². The van der Waals surface area contributed by atoms with Crippen LogP contribution in [0.4, 0.5) is 11.4 Å². The fraction of sp³-hybridized carbons (Fsp3) is 0.0625. The summed E-state index contributed by atoms with van der Waals surface area (Å²) >= 11 is 5.70. The minimum Gasteiger partial charge on any atom is -0.463 e. The Balaban J connectivity index is 1.45. The van der Waals surface area contributed by atoms with Gasteiger partial charge in [-0.1, -0.05) is 54.6 Å². The fourth-order valence-corrected chi connectivity index (χ4v) is 5.23. The quantitative estimate of drug-likeness (QED) is 0.112. The van der Waals surface area contributed by atoms with Crippen LogP contribution in [0, 0.1) is 0 Å². The monoisotopic (exact) mass is 561 g/mol. The molecule has 0 saturated carbocycles. The topological polar surface area (TPSA) is 85.0 Å². The average Bonchev–Trinajstić information content (AvgIpc) is 3.61. The molecule has 2 amide bonds. The number of ether oxygens (including phenoxy) is 1. The lowest BCUT2D eigenvalue weighted by molar-refractivity contribution is -0.120. The molecule has 0 atom stereocenters. The average molecular weight is 562 g/mol. The number of para-hydroxylation sites is 3. The molecule has 1 aliphatic heterocycles. The van der Waals surface area contributed by atoms with Crippen LogP contribution in [0.5, 0.6) is 0 Å². The minimum atomic E-state index is -0.558. The molecule has 0 bridgehead atoms. The summed E-state index contributed by atoms with van der Waals surface area (Å²) in [6, 6.07) is 29.0. The minimum absolute atomic E-state index is 0.0276. The van der Waals surface area contributed by atoms with Crippen molar-refractivity contribution in [3.63, 3.8) is 0 Å². The summed E-state index contributed by atoms with van der Waals surface area (Å²) < 4.78 is 12.4. The summed E-state index contributed by atoms with van der Waals surface area (Å²) in [5, 5.41) is 0.919. The zero-order valence-corrected chi connectivity index (χ0v) is 22.7. The molecule has 0 aliphatic carbocycles. The van der Waals surface area contributed by atoms with Crippen LogP contribution in [0.3, 0.4) is 0 Å². The standard InChI is InChI=1S/C32H23N3O5S/c1-39-31(38)28-17-16-24(40-28)20-33-19-21(25-14-8-9-15-27(25)33)18-26-29(36)34(22-10-4-2-5-11-22)32(41)35(30(26)37)23-12-6-3-7-13-23/h2-19H,20H2,1H3. The lowest BCUT2D eigenvalue weighted by Gasteiger charge is -2.36. The maximum absolute atomic E-state index is 13.9. The van der Waals surface area contributed by atoms with Gasteiger partial charge in [-0.25, -0.2) is 4.79 Å². The van der Waals surface area contributed by atoms with Crippen molar-refractivity contribution < 1.29 is 23.5 Å². The number of fused-ring (bicyclic) bond motifs is 1. The lowest BCUT2D eigenvalue weighted by Crippen LogP contribution is -2.56.